The van der Waals surface area contributed by atoms with Gasteiger partial charge in [0.1, 0.15) is 0 Å². The number of sulfonamides is 1. The Balaban J connectivity index is 2.61. The van der Waals surface area contributed by atoms with Gasteiger partial charge in [-0.3, -0.25) is 0 Å². The molecule has 1 fully saturated rings. The average Bonchev–Trinajstić information content (AvgIpc) is 2.67. The van der Waals surface area contributed by atoms with Crippen molar-refractivity contribution in [2.45, 2.75) is 50.8 Å². The predicted molar refractivity (Wildman–Crippen MR) is 62.0 cm³/mol. The predicted octanol–water partition coefficient (Wildman–Crippen LogP) is 0.832. The van der Waals surface area contributed by atoms with Gasteiger partial charge in [0, 0.05) is 12.6 Å². The SMILES string of the molecule is CC(C)C(CN)NS(=O)(=O)C1CCCC1. The van der Waals surface area contributed by atoms with Crippen molar-refractivity contribution in [2.75, 3.05) is 6.54 Å². The Kier molecular flexibility index (Phi) is 4.55. The van der Waals surface area contributed by atoms with E-state index in [2.05, 4.69) is 4.72 Å². The minimum Gasteiger partial charge on any atom is -0.329 e. The topological polar surface area (TPSA) is 72.2 Å². The quantitative estimate of drug-likeness (QED) is 0.740. The van der Waals surface area contributed by atoms with Gasteiger partial charge in [-0.1, -0.05) is 26.7 Å². The molecule has 1 rings (SSSR count). The van der Waals surface area contributed by atoms with Crippen LogP contribution in [0.1, 0.15) is 39.5 Å². The van der Waals surface area contributed by atoms with Gasteiger partial charge >= 0.3 is 0 Å². The van der Waals surface area contributed by atoms with Gasteiger partial charge in [-0.15, -0.1) is 0 Å². The highest BCUT2D eigenvalue weighted by molar-refractivity contribution is 7.90. The highest BCUT2D eigenvalue weighted by Crippen LogP contribution is 2.24. The molecule has 0 spiro atoms. The van der Waals surface area contributed by atoms with Gasteiger partial charge in [-0.25, -0.2) is 13.1 Å². The zero-order chi connectivity index (χ0) is 11.5. The molecule has 0 aromatic carbocycles. The number of hydrogen-bond donors (Lipinski definition) is 2. The molecule has 1 saturated carbocycles. The fourth-order valence-corrected chi connectivity index (χ4v) is 3.90. The van der Waals surface area contributed by atoms with Crippen LogP contribution in [0, 0.1) is 5.92 Å². The first-order valence-corrected chi connectivity index (χ1v) is 7.23. The zero-order valence-electron chi connectivity index (χ0n) is 9.57. The lowest BCUT2D eigenvalue weighted by Gasteiger charge is -2.22. The molecule has 4 nitrogen and oxygen atoms in total. The van der Waals surface area contributed by atoms with E-state index in [0.29, 0.717) is 6.54 Å². The largest absolute Gasteiger partial charge is 0.329 e. The maximum Gasteiger partial charge on any atom is 0.214 e. The summed E-state index contributed by atoms with van der Waals surface area (Å²) in [6.07, 6.45) is 3.65. The summed E-state index contributed by atoms with van der Waals surface area (Å²) >= 11 is 0. The highest BCUT2D eigenvalue weighted by Gasteiger charge is 2.30. The lowest BCUT2D eigenvalue weighted by atomic mass is 10.1. The maximum absolute atomic E-state index is 11.9. The maximum atomic E-state index is 11.9. The Labute approximate surface area is 92.7 Å². The molecule has 0 saturated heterocycles. The van der Waals surface area contributed by atoms with Crippen molar-refractivity contribution in [1.29, 1.82) is 0 Å². The lowest BCUT2D eigenvalue weighted by molar-refractivity contribution is 0.450. The van der Waals surface area contributed by atoms with Crippen molar-refractivity contribution in [3.05, 3.63) is 0 Å². The molecule has 90 valence electrons. The third-order valence-electron chi connectivity index (χ3n) is 3.12. The van der Waals surface area contributed by atoms with Gasteiger partial charge < -0.3 is 5.73 Å². The third-order valence-corrected chi connectivity index (χ3v) is 5.10. The minimum atomic E-state index is -3.15. The van der Waals surface area contributed by atoms with Gasteiger partial charge in [-0.05, 0) is 18.8 Å². The summed E-state index contributed by atoms with van der Waals surface area (Å²) in [7, 11) is -3.15. The molecule has 0 aromatic rings. The molecular formula is C10H22N2O2S. The van der Waals surface area contributed by atoms with E-state index in [1.54, 1.807) is 0 Å². The van der Waals surface area contributed by atoms with Crippen LogP contribution in [0.5, 0.6) is 0 Å². The Morgan fingerprint density at radius 3 is 2.27 bits per heavy atom. The summed E-state index contributed by atoms with van der Waals surface area (Å²) < 4.78 is 26.6. The van der Waals surface area contributed by atoms with Gasteiger partial charge in [0.05, 0.1) is 5.25 Å². The van der Waals surface area contributed by atoms with Gasteiger partial charge in [0.25, 0.3) is 0 Å². The van der Waals surface area contributed by atoms with Crippen LogP contribution in [-0.2, 0) is 10.0 Å². The molecule has 1 unspecified atom stereocenters. The fourth-order valence-electron chi connectivity index (χ4n) is 1.96. The molecule has 0 aliphatic heterocycles. The first-order chi connectivity index (χ1) is 6.97. The molecule has 1 atom stereocenters. The summed E-state index contributed by atoms with van der Waals surface area (Å²) in [6, 6.07) is -0.129. The van der Waals surface area contributed by atoms with Gasteiger partial charge in [0.15, 0.2) is 0 Å². The smallest absolute Gasteiger partial charge is 0.214 e. The second kappa shape index (κ2) is 5.27. The third kappa shape index (κ3) is 3.43. The molecule has 0 heterocycles. The van der Waals surface area contributed by atoms with E-state index in [0.717, 1.165) is 25.7 Å². The molecule has 15 heavy (non-hydrogen) atoms. The summed E-state index contributed by atoms with van der Waals surface area (Å²) in [5.41, 5.74) is 5.55. The Morgan fingerprint density at radius 2 is 1.87 bits per heavy atom. The van der Waals surface area contributed by atoms with Crippen LogP contribution >= 0.6 is 0 Å². The fraction of sp³-hybridized carbons (Fsp3) is 1.00. The van der Waals surface area contributed by atoms with E-state index in [-0.39, 0.29) is 17.2 Å². The van der Waals surface area contributed by atoms with Crippen LogP contribution < -0.4 is 10.5 Å². The average molecular weight is 234 g/mol. The number of nitrogens with two attached hydrogens (primary N) is 1. The Bertz CT molecular complexity index is 282. The van der Waals surface area contributed by atoms with Crippen molar-refractivity contribution in [3.63, 3.8) is 0 Å². The standard InChI is InChI=1S/C10H22N2O2S/c1-8(2)10(7-11)12-15(13,14)9-5-3-4-6-9/h8-10,12H,3-7,11H2,1-2H3. The number of hydrogen-bond acceptors (Lipinski definition) is 3. The molecule has 1 aliphatic carbocycles. The van der Waals surface area contributed by atoms with Crippen molar-refractivity contribution in [1.82, 2.24) is 4.72 Å². The van der Waals surface area contributed by atoms with E-state index in [9.17, 15) is 8.42 Å². The molecule has 0 amide bonds. The van der Waals surface area contributed by atoms with E-state index < -0.39 is 10.0 Å². The van der Waals surface area contributed by atoms with E-state index >= 15 is 0 Å². The first kappa shape index (κ1) is 12.9. The van der Waals surface area contributed by atoms with Crippen LogP contribution in [0.3, 0.4) is 0 Å². The van der Waals surface area contributed by atoms with Crippen LogP contribution in [0.15, 0.2) is 0 Å². The summed E-state index contributed by atoms with van der Waals surface area (Å²) in [5.74, 6) is 0.242. The lowest BCUT2D eigenvalue weighted by Crippen LogP contribution is -2.46. The molecular weight excluding hydrogens is 212 g/mol. The second-order valence-electron chi connectivity index (χ2n) is 4.66. The molecule has 5 heteroatoms. The van der Waals surface area contributed by atoms with E-state index in [1.807, 2.05) is 13.8 Å². The molecule has 0 bridgehead atoms. The van der Waals surface area contributed by atoms with Crippen LogP contribution in [0.2, 0.25) is 0 Å². The van der Waals surface area contributed by atoms with Crippen LogP contribution in [0.4, 0.5) is 0 Å². The van der Waals surface area contributed by atoms with Gasteiger partial charge in [-0.2, -0.15) is 0 Å². The van der Waals surface area contributed by atoms with E-state index in [1.165, 1.54) is 0 Å². The van der Waals surface area contributed by atoms with Crippen LogP contribution in [-0.4, -0.2) is 26.3 Å². The molecule has 3 N–H and O–H groups in total. The zero-order valence-corrected chi connectivity index (χ0v) is 10.4. The van der Waals surface area contributed by atoms with Crippen molar-refractivity contribution in [3.8, 4) is 0 Å². The summed E-state index contributed by atoms with van der Waals surface area (Å²) in [5, 5.41) is -0.190. The van der Waals surface area contributed by atoms with Crippen LogP contribution in [0.25, 0.3) is 0 Å². The Hall–Kier alpha value is -0.130. The molecule has 0 aromatic heterocycles. The second-order valence-corrected chi connectivity index (χ2v) is 6.65. The molecule has 1 aliphatic rings. The number of rotatable bonds is 5. The van der Waals surface area contributed by atoms with E-state index in [4.69, 9.17) is 5.73 Å². The highest BCUT2D eigenvalue weighted by atomic mass is 32.2. The minimum absolute atomic E-state index is 0.129. The monoisotopic (exact) mass is 234 g/mol. The molecule has 0 radical (unpaired) electrons. The summed E-state index contributed by atoms with van der Waals surface area (Å²) in [6.45, 7) is 4.33. The summed E-state index contributed by atoms with van der Waals surface area (Å²) in [4.78, 5) is 0. The van der Waals surface area contributed by atoms with Crippen molar-refractivity contribution >= 4 is 10.0 Å². The first-order valence-electron chi connectivity index (χ1n) is 5.68. The normalized spacial score (nSPS) is 21.1. The van der Waals surface area contributed by atoms with Crippen molar-refractivity contribution in [2.24, 2.45) is 11.7 Å². The number of nitrogens with one attached hydrogen (secondary N) is 1. The van der Waals surface area contributed by atoms with Gasteiger partial charge in [0.2, 0.25) is 10.0 Å². The Morgan fingerprint density at radius 1 is 1.33 bits per heavy atom. The van der Waals surface area contributed by atoms with Crippen molar-refractivity contribution < 1.29 is 8.42 Å².